The molecule has 0 aliphatic carbocycles. The van der Waals surface area contributed by atoms with Crippen LogP contribution in [0.3, 0.4) is 0 Å². The van der Waals surface area contributed by atoms with Gasteiger partial charge in [-0.2, -0.15) is 14.0 Å². The van der Waals surface area contributed by atoms with Crippen LogP contribution >= 0.6 is 11.7 Å². The smallest absolute Gasteiger partial charge is 0.270 e. The Hall–Kier alpha value is -2.72. The number of carbonyl (C=O) groups excluding carboxylic acids is 1. The first-order chi connectivity index (χ1) is 10.6. The second-order valence-corrected chi connectivity index (χ2v) is 5.61. The average Bonchev–Trinajstić information content (AvgIpc) is 3.12. The van der Waals surface area contributed by atoms with Crippen LogP contribution in [0.15, 0.2) is 30.5 Å². The molecule has 0 atom stereocenters. The van der Waals surface area contributed by atoms with E-state index in [-0.39, 0.29) is 5.91 Å². The Bertz CT molecular complexity index is 889. The summed E-state index contributed by atoms with van der Waals surface area (Å²) in [6.07, 6.45) is 1.65. The van der Waals surface area contributed by atoms with E-state index in [1.54, 1.807) is 35.8 Å². The average molecular weight is 311 g/mol. The third kappa shape index (κ3) is 2.56. The molecule has 110 valence electrons. The number of carbonyl (C=O) groups is 1. The molecule has 2 aromatic heterocycles. The third-order valence-electron chi connectivity index (χ3n) is 3.44. The van der Waals surface area contributed by atoms with Crippen molar-refractivity contribution in [1.82, 2.24) is 18.2 Å². The number of fused-ring (bicyclic) bond motifs is 1. The number of amides is 1. The zero-order valence-corrected chi connectivity index (χ0v) is 13.0. The first kappa shape index (κ1) is 14.2. The van der Waals surface area contributed by atoms with Crippen LogP contribution in [0.1, 0.15) is 21.6 Å². The summed E-state index contributed by atoms with van der Waals surface area (Å²) in [7, 11) is 3.50. The second kappa shape index (κ2) is 5.58. The van der Waals surface area contributed by atoms with Crippen molar-refractivity contribution in [2.75, 3.05) is 7.05 Å². The van der Waals surface area contributed by atoms with Gasteiger partial charge in [0, 0.05) is 26.8 Å². The highest BCUT2D eigenvalue weighted by molar-refractivity contribution is 7.00. The van der Waals surface area contributed by atoms with Gasteiger partial charge in [0.25, 0.3) is 5.91 Å². The van der Waals surface area contributed by atoms with Gasteiger partial charge in [-0.05, 0) is 23.8 Å². The molecule has 0 N–H and O–H groups in total. The van der Waals surface area contributed by atoms with Gasteiger partial charge in [-0.3, -0.25) is 4.79 Å². The van der Waals surface area contributed by atoms with Gasteiger partial charge < -0.3 is 9.47 Å². The summed E-state index contributed by atoms with van der Waals surface area (Å²) in [5.41, 5.74) is 3.67. The highest BCUT2D eigenvalue weighted by Crippen LogP contribution is 2.16. The molecule has 0 spiro atoms. The SMILES string of the molecule is CN(Cc1ccc2nsnc2c1)C(=O)c1cc(C#N)cn1C. The predicted molar refractivity (Wildman–Crippen MR) is 83.3 cm³/mol. The molecular formula is C15H13N5OS. The molecule has 0 aliphatic heterocycles. The molecule has 1 aromatic carbocycles. The lowest BCUT2D eigenvalue weighted by atomic mass is 10.2. The van der Waals surface area contributed by atoms with Crippen molar-refractivity contribution in [3.05, 3.63) is 47.3 Å². The maximum Gasteiger partial charge on any atom is 0.270 e. The van der Waals surface area contributed by atoms with Crippen LogP contribution in [0, 0.1) is 11.3 Å². The number of rotatable bonds is 3. The van der Waals surface area contributed by atoms with Gasteiger partial charge in [-0.15, -0.1) is 0 Å². The minimum atomic E-state index is -0.125. The first-order valence-electron chi connectivity index (χ1n) is 6.61. The number of aromatic nitrogens is 3. The molecule has 22 heavy (non-hydrogen) atoms. The van der Waals surface area contributed by atoms with Gasteiger partial charge in [-0.25, -0.2) is 0 Å². The van der Waals surface area contributed by atoms with E-state index in [0.29, 0.717) is 17.8 Å². The van der Waals surface area contributed by atoms with Crippen molar-refractivity contribution in [2.45, 2.75) is 6.54 Å². The maximum absolute atomic E-state index is 12.5. The van der Waals surface area contributed by atoms with Crippen LogP contribution in [0.4, 0.5) is 0 Å². The van der Waals surface area contributed by atoms with E-state index in [1.165, 1.54) is 11.7 Å². The van der Waals surface area contributed by atoms with E-state index >= 15 is 0 Å². The van der Waals surface area contributed by atoms with Gasteiger partial charge in [0.15, 0.2) is 0 Å². The highest BCUT2D eigenvalue weighted by Gasteiger charge is 2.16. The van der Waals surface area contributed by atoms with Crippen molar-refractivity contribution in [2.24, 2.45) is 7.05 Å². The molecule has 1 amide bonds. The summed E-state index contributed by atoms with van der Waals surface area (Å²) < 4.78 is 10.0. The van der Waals surface area contributed by atoms with E-state index < -0.39 is 0 Å². The van der Waals surface area contributed by atoms with E-state index in [0.717, 1.165) is 16.6 Å². The molecular weight excluding hydrogens is 298 g/mol. The number of nitriles is 1. The summed E-state index contributed by atoms with van der Waals surface area (Å²) in [5.74, 6) is -0.125. The fourth-order valence-corrected chi connectivity index (χ4v) is 2.82. The Morgan fingerprint density at radius 3 is 2.86 bits per heavy atom. The summed E-state index contributed by atoms with van der Waals surface area (Å²) in [4.78, 5) is 14.1. The van der Waals surface area contributed by atoms with Gasteiger partial charge in [-0.1, -0.05) is 6.07 Å². The maximum atomic E-state index is 12.5. The lowest BCUT2D eigenvalue weighted by molar-refractivity contribution is 0.0775. The summed E-state index contributed by atoms with van der Waals surface area (Å²) in [6, 6.07) is 9.43. The van der Waals surface area contributed by atoms with Crippen molar-refractivity contribution < 1.29 is 4.79 Å². The predicted octanol–water partition coefficient (Wildman–Crippen LogP) is 2.17. The van der Waals surface area contributed by atoms with Gasteiger partial charge in [0.1, 0.15) is 22.8 Å². The van der Waals surface area contributed by atoms with Gasteiger partial charge in [0.2, 0.25) is 0 Å². The van der Waals surface area contributed by atoms with Crippen LogP contribution < -0.4 is 0 Å². The molecule has 0 saturated carbocycles. The van der Waals surface area contributed by atoms with Crippen molar-refractivity contribution in [3.8, 4) is 6.07 Å². The largest absolute Gasteiger partial charge is 0.345 e. The Kier molecular flexibility index (Phi) is 3.61. The molecule has 6 nitrogen and oxygen atoms in total. The lowest BCUT2D eigenvalue weighted by Gasteiger charge is -2.17. The number of benzene rings is 1. The molecule has 0 radical (unpaired) electrons. The van der Waals surface area contributed by atoms with Gasteiger partial charge in [0.05, 0.1) is 17.3 Å². The molecule has 7 heteroatoms. The van der Waals surface area contributed by atoms with Crippen LogP contribution in [-0.4, -0.2) is 31.2 Å². The lowest BCUT2D eigenvalue weighted by Crippen LogP contribution is -2.27. The first-order valence-corrected chi connectivity index (χ1v) is 7.34. The summed E-state index contributed by atoms with van der Waals surface area (Å²) >= 11 is 1.18. The van der Waals surface area contributed by atoms with Crippen LogP contribution in [-0.2, 0) is 13.6 Å². The minimum Gasteiger partial charge on any atom is -0.345 e. The monoisotopic (exact) mass is 311 g/mol. The quantitative estimate of drug-likeness (QED) is 0.743. The van der Waals surface area contributed by atoms with Crippen molar-refractivity contribution in [1.29, 1.82) is 5.26 Å². The zero-order chi connectivity index (χ0) is 15.7. The number of aryl methyl sites for hydroxylation is 1. The van der Waals surface area contributed by atoms with Crippen molar-refractivity contribution in [3.63, 3.8) is 0 Å². The third-order valence-corrected chi connectivity index (χ3v) is 3.99. The molecule has 0 aliphatic rings. The molecule has 2 heterocycles. The normalized spacial score (nSPS) is 10.6. The number of nitrogens with zero attached hydrogens (tertiary/aromatic N) is 5. The van der Waals surface area contributed by atoms with E-state index in [1.807, 2.05) is 24.3 Å². The molecule has 3 aromatic rings. The molecule has 0 saturated heterocycles. The van der Waals surface area contributed by atoms with E-state index in [4.69, 9.17) is 5.26 Å². The van der Waals surface area contributed by atoms with E-state index in [2.05, 4.69) is 8.75 Å². The summed E-state index contributed by atoms with van der Waals surface area (Å²) in [5, 5.41) is 8.91. The zero-order valence-electron chi connectivity index (χ0n) is 12.1. The van der Waals surface area contributed by atoms with Crippen LogP contribution in [0.2, 0.25) is 0 Å². The number of hydrogen-bond donors (Lipinski definition) is 0. The van der Waals surface area contributed by atoms with Crippen molar-refractivity contribution >= 4 is 28.7 Å². The molecule has 0 bridgehead atoms. The fourth-order valence-electron chi connectivity index (χ4n) is 2.31. The summed E-state index contributed by atoms with van der Waals surface area (Å²) in [6.45, 7) is 0.472. The second-order valence-electron chi connectivity index (χ2n) is 5.09. The standard InChI is InChI=1S/C15H13N5OS/c1-19-9-11(7-16)6-14(19)15(21)20(2)8-10-3-4-12-13(5-10)18-22-17-12/h3-6,9H,8H2,1-2H3. The minimum absolute atomic E-state index is 0.125. The number of hydrogen-bond acceptors (Lipinski definition) is 5. The van der Waals surface area contributed by atoms with Crippen LogP contribution in [0.5, 0.6) is 0 Å². The topological polar surface area (TPSA) is 74.8 Å². The Morgan fingerprint density at radius 1 is 1.36 bits per heavy atom. The Morgan fingerprint density at radius 2 is 2.14 bits per heavy atom. The van der Waals surface area contributed by atoms with Crippen LogP contribution in [0.25, 0.3) is 11.0 Å². The van der Waals surface area contributed by atoms with Gasteiger partial charge >= 0.3 is 0 Å². The molecule has 0 unspecified atom stereocenters. The Balaban J connectivity index is 1.80. The molecule has 3 rings (SSSR count). The molecule has 0 fully saturated rings. The highest BCUT2D eigenvalue weighted by atomic mass is 32.1. The Labute approximate surface area is 131 Å². The fraction of sp³-hybridized carbons (Fsp3) is 0.200. The van der Waals surface area contributed by atoms with E-state index in [9.17, 15) is 4.79 Å².